The van der Waals surface area contributed by atoms with Crippen molar-refractivity contribution >= 4 is 12.1 Å². The minimum atomic E-state index is -0.230. The summed E-state index contributed by atoms with van der Waals surface area (Å²) in [7, 11) is 0. The summed E-state index contributed by atoms with van der Waals surface area (Å²) in [6.07, 6.45) is 6.37. The number of aliphatic imine (C=N–C) groups is 1. The number of allylic oxidation sites excluding steroid dienone is 1. The standard InChI is InChI=1S/C7H9N3O/c1-2-7(11)9-10-5-3-4-8-6-10/h2-5H,1,6H2,(H,9,11). The van der Waals surface area contributed by atoms with Crippen molar-refractivity contribution in [1.82, 2.24) is 10.4 Å². The third-order valence-electron chi connectivity index (χ3n) is 1.13. The maximum atomic E-state index is 10.7. The molecule has 1 rings (SSSR count). The molecule has 0 spiro atoms. The molecular formula is C7H9N3O. The fourth-order valence-corrected chi connectivity index (χ4v) is 0.645. The zero-order chi connectivity index (χ0) is 8.10. The summed E-state index contributed by atoms with van der Waals surface area (Å²) < 4.78 is 0. The van der Waals surface area contributed by atoms with E-state index >= 15 is 0 Å². The van der Waals surface area contributed by atoms with E-state index in [0.29, 0.717) is 6.67 Å². The molecule has 0 saturated heterocycles. The first-order chi connectivity index (χ1) is 5.33. The van der Waals surface area contributed by atoms with Crippen LogP contribution in [0, 0.1) is 0 Å². The molecular weight excluding hydrogens is 142 g/mol. The fraction of sp³-hybridized carbons (Fsp3) is 0.143. The van der Waals surface area contributed by atoms with Crippen molar-refractivity contribution < 1.29 is 4.79 Å². The lowest BCUT2D eigenvalue weighted by atomic mass is 10.6. The Kier molecular flexibility index (Phi) is 2.43. The van der Waals surface area contributed by atoms with Gasteiger partial charge in [0.05, 0.1) is 0 Å². The molecule has 1 N–H and O–H groups in total. The minimum absolute atomic E-state index is 0.230. The summed E-state index contributed by atoms with van der Waals surface area (Å²) in [4.78, 5) is 14.6. The monoisotopic (exact) mass is 151 g/mol. The van der Waals surface area contributed by atoms with Crippen molar-refractivity contribution in [3.8, 4) is 0 Å². The molecule has 0 atom stereocenters. The van der Waals surface area contributed by atoms with Gasteiger partial charge in [-0.1, -0.05) is 6.58 Å². The molecule has 1 heterocycles. The normalized spacial score (nSPS) is 14.7. The summed E-state index contributed by atoms with van der Waals surface area (Å²) in [5.74, 6) is -0.230. The largest absolute Gasteiger partial charge is 0.271 e. The lowest BCUT2D eigenvalue weighted by Crippen LogP contribution is -2.38. The molecule has 0 aromatic carbocycles. The van der Waals surface area contributed by atoms with Crippen molar-refractivity contribution in [3.63, 3.8) is 0 Å². The smallest absolute Gasteiger partial charge is 0.261 e. The Morgan fingerprint density at radius 1 is 1.82 bits per heavy atom. The van der Waals surface area contributed by atoms with Crippen molar-refractivity contribution in [2.75, 3.05) is 6.67 Å². The number of hydrogen-bond donors (Lipinski definition) is 1. The van der Waals surface area contributed by atoms with E-state index in [1.54, 1.807) is 23.5 Å². The first kappa shape index (κ1) is 7.53. The second-order valence-corrected chi connectivity index (χ2v) is 1.96. The molecule has 4 nitrogen and oxygen atoms in total. The Bertz CT molecular complexity index is 220. The van der Waals surface area contributed by atoms with Crippen LogP contribution in [-0.4, -0.2) is 23.8 Å². The van der Waals surface area contributed by atoms with E-state index in [2.05, 4.69) is 17.0 Å². The Morgan fingerprint density at radius 3 is 3.18 bits per heavy atom. The van der Waals surface area contributed by atoms with Crippen LogP contribution < -0.4 is 5.43 Å². The zero-order valence-electron chi connectivity index (χ0n) is 6.03. The van der Waals surface area contributed by atoms with Gasteiger partial charge in [0.15, 0.2) is 0 Å². The topological polar surface area (TPSA) is 44.7 Å². The maximum absolute atomic E-state index is 10.7. The van der Waals surface area contributed by atoms with E-state index in [0.717, 1.165) is 0 Å². The van der Waals surface area contributed by atoms with Crippen LogP contribution in [0.1, 0.15) is 0 Å². The van der Waals surface area contributed by atoms with Gasteiger partial charge in [-0.3, -0.25) is 20.2 Å². The van der Waals surface area contributed by atoms with Crippen molar-refractivity contribution in [2.45, 2.75) is 0 Å². The third kappa shape index (κ3) is 2.25. The number of amides is 1. The summed E-state index contributed by atoms with van der Waals surface area (Å²) in [5, 5.41) is 1.57. The SMILES string of the molecule is C=CC(=O)NN1C=CC=NC1. The number of rotatable bonds is 2. The van der Waals surface area contributed by atoms with E-state index in [1.165, 1.54) is 6.08 Å². The van der Waals surface area contributed by atoms with E-state index in [4.69, 9.17) is 0 Å². The quantitative estimate of drug-likeness (QED) is 0.567. The number of carbonyl (C=O) groups is 1. The molecule has 0 aliphatic carbocycles. The number of hydrazine groups is 1. The Labute approximate surface area is 64.9 Å². The van der Waals surface area contributed by atoms with Gasteiger partial charge in [0.25, 0.3) is 5.91 Å². The summed E-state index contributed by atoms with van der Waals surface area (Å²) in [5.41, 5.74) is 2.54. The molecule has 0 unspecified atom stereocenters. The Balaban J connectivity index is 2.38. The maximum Gasteiger partial charge on any atom is 0.261 e. The lowest BCUT2D eigenvalue weighted by molar-refractivity contribution is -0.120. The van der Waals surface area contributed by atoms with Crippen LogP contribution >= 0.6 is 0 Å². The van der Waals surface area contributed by atoms with Crippen LogP contribution in [0.4, 0.5) is 0 Å². The van der Waals surface area contributed by atoms with E-state index < -0.39 is 0 Å². The number of carbonyl (C=O) groups excluding carboxylic acids is 1. The zero-order valence-corrected chi connectivity index (χ0v) is 6.03. The molecule has 0 saturated carbocycles. The highest BCUT2D eigenvalue weighted by molar-refractivity contribution is 5.86. The molecule has 1 amide bonds. The van der Waals surface area contributed by atoms with E-state index in [9.17, 15) is 4.79 Å². The molecule has 11 heavy (non-hydrogen) atoms. The van der Waals surface area contributed by atoms with Crippen molar-refractivity contribution in [2.24, 2.45) is 4.99 Å². The third-order valence-corrected chi connectivity index (χ3v) is 1.13. The number of nitrogens with one attached hydrogen (secondary N) is 1. The lowest BCUT2D eigenvalue weighted by Gasteiger charge is -2.19. The predicted octanol–water partition coefficient (Wildman–Crippen LogP) is 0.0612. The van der Waals surface area contributed by atoms with Crippen LogP contribution in [0.5, 0.6) is 0 Å². The van der Waals surface area contributed by atoms with Crippen LogP contribution in [0.25, 0.3) is 0 Å². The van der Waals surface area contributed by atoms with Gasteiger partial charge >= 0.3 is 0 Å². The van der Waals surface area contributed by atoms with Gasteiger partial charge in [0.1, 0.15) is 6.67 Å². The molecule has 1 aliphatic rings. The molecule has 1 aliphatic heterocycles. The van der Waals surface area contributed by atoms with Gasteiger partial charge < -0.3 is 0 Å². The highest BCUT2D eigenvalue weighted by Gasteiger charge is 2.00. The van der Waals surface area contributed by atoms with Gasteiger partial charge in [-0.15, -0.1) is 0 Å². The summed E-state index contributed by atoms with van der Waals surface area (Å²) >= 11 is 0. The van der Waals surface area contributed by atoms with E-state index in [1.807, 2.05) is 0 Å². The second kappa shape index (κ2) is 3.55. The Hall–Kier alpha value is -1.58. The summed E-state index contributed by atoms with van der Waals surface area (Å²) in [6, 6.07) is 0. The number of nitrogens with zero attached hydrogens (tertiary/aromatic N) is 2. The molecule has 0 aromatic heterocycles. The summed E-state index contributed by atoms with van der Waals surface area (Å²) in [6.45, 7) is 3.78. The van der Waals surface area contributed by atoms with Crippen LogP contribution in [0.3, 0.4) is 0 Å². The van der Waals surface area contributed by atoms with Crippen molar-refractivity contribution in [3.05, 3.63) is 24.9 Å². The highest BCUT2D eigenvalue weighted by Crippen LogP contribution is 1.89. The fourth-order valence-electron chi connectivity index (χ4n) is 0.645. The van der Waals surface area contributed by atoms with Gasteiger partial charge in [-0.2, -0.15) is 0 Å². The molecule has 0 fully saturated rings. The molecule has 58 valence electrons. The Morgan fingerprint density at radius 2 is 2.64 bits per heavy atom. The van der Waals surface area contributed by atoms with Crippen LogP contribution in [0.2, 0.25) is 0 Å². The predicted molar refractivity (Wildman–Crippen MR) is 42.7 cm³/mol. The molecule has 4 heteroatoms. The molecule has 0 bridgehead atoms. The first-order valence-corrected chi connectivity index (χ1v) is 3.19. The highest BCUT2D eigenvalue weighted by atomic mass is 16.2. The van der Waals surface area contributed by atoms with Crippen molar-refractivity contribution in [1.29, 1.82) is 0 Å². The molecule has 0 radical (unpaired) electrons. The van der Waals surface area contributed by atoms with Gasteiger partial charge in [-0.05, 0) is 12.2 Å². The van der Waals surface area contributed by atoms with E-state index in [-0.39, 0.29) is 5.91 Å². The second-order valence-electron chi connectivity index (χ2n) is 1.96. The number of hydrogen-bond acceptors (Lipinski definition) is 3. The van der Waals surface area contributed by atoms with Crippen LogP contribution in [0.15, 0.2) is 29.9 Å². The minimum Gasteiger partial charge on any atom is -0.271 e. The van der Waals surface area contributed by atoms with Gasteiger partial charge in [0.2, 0.25) is 0 Å². The average molecular weight is 151 g/mol. The van der Waals surface area contributed by atoms with Gasteiger partial charge in [0, 0.05) is 12.4 Å². The van der Waals surface area contributed by atoms with Crippen LogP contribution in [-0.2, 0) is 4.79 Å². The first-order valence-electron chi connectivity index (χ1n) is 3.19. The molecule has 0 aromatic rings. The average Bonchev–Trinajstić information content (AvgIpc) is 2.06. The van der Waals surface area contributed by atoms with Gasteiger partial charge in [-0.25, -0.2) is 0 Å².